The molecule has 4 heteroatoms. The minimum atomic E-state index is 0.391. The quantitative estimate of drug-likeness (QED) is 0.769. The van der Waals surface area contributed by atoms with Gasteiger partial charge in [0.1, 0.15) is 0 Å². The van der Waals surface area contributed by atoms with Crippen molar-refractivity contribution >= 4 is 5.95 Å². The van der Waals surface area contributed by atoms with Crippen molar-refractivity contribution in [3.8, 4) is 0 Å². The Kier molecular flexibility index (Phi) is 3.16. The van der Waals surface area contributed by atoms with Crippen molar-refractivity contribution in [2.75, 3.05) is 5.32 Å². The number of hydrogen-bond acceptors (Lipinski definition) is 4. The Morgan fingerprint density at radius 1 is 1.20 bits per heavy atom. The number of hydrogen-bond donors (Lipinski definition) is 2. The highest BCUT2D eigenvalue weighted by atomic mass is 15.1. The van der Waals surface area contributed by atoms with Crippen LogP contribution in [0.2, 0.25) is 0 Å². The van der Waals surface area contributed by atoms with E-state index >= 15 is 0 Å². The fourth-order valence-electron chi connectivity index (χ4n) is 1.91. The molecule has 1 aromatic heterocycles. The van der Waals surface area contributed by atoms with Crippen LogP contribution in [0.1, 0.15) is 31.2 Å². The molecule has 0 atom stereocenters. The third-order valence-corrected chi connectivity index (χ3v) is 2.89. The van der Waals surface area contributed by atoms with Crippen LogP contribution in [0.25, 0.3) is 0 Å². The van der Waals surface area contributed by atoms with E-state index in [1.807, 2.05) is 19.3 Å². The average Bonchev–Trinajstić information content (AvgIpc) is 2.25. The van der Waals surface area contributed by atoms with Crippen LogP contribution in [0, 0.1) is 6.92 Å². The van der Waals surface area contributed by atoms with E-state index in [0.717, 1.165) is 37.2 Å². The minimum Gasteiger partial charge on any atom is -0.351 e. The highest BCUT2D eigenvalue weighted by Crippen LogP contribution is 2.19. The van der Waals surface area contributed by atoms with E-state index in [4.69, 9.17) is 5.73 Å². The summed E-state index contributed by atoms with van der Waals surface area (Å²) in [6.45, 7) is 1.99. The predicted octanol–water partition coefficient (Wildman–Crippen LogP) is 1.47. The van der Waals surface area contributed by atoms with Crippen molar-refractivity contribution < 1.29 is 0 Å². The Labute approximate surface area is 90.3 Å². The van der Waals surface area contributed by atoms with Gasteiger partial charge in [-0.1, -0.05) is 0 Å². The molecule has 1 saturated carbocycles. The van der Waals surface area contributed by atoms with Crippen LogP contribution in [0.3, 0.4) is 0 Å². The summed E-state index contributed by atoms with van der Waals surface area (Å²) in [4.78, 5) is 8.48. The number of aryl methyl sites for hydroxylation is 1. The van der Waals surface area contributed by atoms with Gasteiger partial charge in [0.25, 0.3) is 0 Å². The number of aromatic nitrogens is 2. The van der Waals surface area contributed by atoms with Gasteiger partial charge < -0.3 is 11.1 Å². The third kappa shape index (κ3) is 2.89. The molecule has 1 heterocycles. The standard InChI is InChI=1S/C11H18N4/c1-8-6-13-11(14-7-8)15-10-4-2-9(12)3-5-10/h6-7,9-10H,2-5,12H2,1H3,(H,13,14,15). The molecular weight excluding hydrogens is 188 g/mol. The molecule has 1 fully saturated rings. The lowest BCUT2D eigenvalue weighted by molar-refractivity contribution is 0.410. The van der Waals surface area contributed by atoms with Crippen molar-refractivity contribution in [2.45, 2.75) is 44.7 Å². The van der Waals surface area contributed by atoms with E-state index in [0.29, 0.717) is 12.1 Å². The highest BCUT2D eigenvalue weighted by Gasteiger charge is 2.18. The lowest BCUT2D eigenvalue weighted by Gasteiger charge is -2.26. The van der Waals surface area contributed by atoms with Crippen LogP contribution in [0.15, 0.2) is 12.4 Å². The summed E-state index contributed by atoms with van der Waals surface area (Å²) in [6, 6.07) is 0.884. The molecule has 0 bridgehead atoms. The number of nitrogens with one attached hydrogen (secondary N) is 1. The largest absolute Gasteiger partial charge is 0.351 e. The minimum absolute atomic E-state index is 0.391. The maximum atomic E-state index is 5.85. The summed E-state index contributed by atoms with van der Waals surface area (Å²) >= 11 is 0. The van der Waals surface area contributed by atoms with Gasteiger partial charge in [0.2, 0.25) is 5.95 Å². The molecule has 0 saturated heterocycles. The maximum Gasteiger partial charge on any atom is 0.222 e. The van der Waals surface area contributed by atoms with Gasteiger partial charge in [0.05, 0.1) is 0 Å². The highest BCUT2D eigenvalue weighted by molar-refractivity contribution is 5.26. The van der Waals surface area contributed by atoms with Crippen LogP contribution in [-0.4, -0.2) is 22.1 Å². The van der Waals surface area contributed by atoms with Gasteiger partial charge in [-0.05, 0) is 38.2 Å². The van der Waals surface area contributed by atoms with E-state index in [1.54, 1.807) is 0 Å². The predicted molar refractivity (Wildman–Crippen MR) is 60.6 cm³/mol. The normalized spacial score (nSPS) is 26.3. The Morgan fingerprint density at radius 3 is 2.40 bits per heavy atom. The molecule has 0 aromatic carbocycles. The molecule has 1 aliphatic rings. The Balaban J connectivity index is 1.89. The van der Waals surface area contributed by atoms with E-state index in [2.05, 4.69) is 15.3 Å². The van der Waals surface area contributed by atoms with Crippen LogP contribution in [0.5, 0.6) is 0 Å². The fraction of sp³-hybridized carbons (Fsp3) is 0.636. The summed E-state index contributed by atoms with van der Waals surface area (Å²) in [5, 5.41) is 3.35. The molecule has 15 heavy (non-hydrogen) atoms. The maximum absolute atomic E-state index is 5.85. The molecule has 0 unspecified atom stereocenters. The van der Waals surface area contributed by atoms with Crippen LogP contribution in [-0.2, 0) is 0 Å². The molecule has 1 aliphatic carbocycles. The first-order valence-electron chi connectivity index (χ1n) is 5.55. The van der Waals surface area contributed by atoms with Gasteiger partial charge >= 0.3 is 0 Å². The van der Waals surface area contributed by atoms with Crippen molar-refractivity contribution in [1.29, 1.82) is 0 Å². The first-order valence-corrected chi connectivity index (χ1v) is 5.55. The lowest BCUT2D eigenvalue weighted by Crippen LogP contribution is -2.33. The molecule has 0 spiro atoms. The zero-order chi connectivity index (χ0) is 10.7. The molecule has 0 radical (unpaired) electrons. The first kappa shape index (κ1) is 10.4. The summed E-state index contributed by atoms with van der Waals surface area (Å²) < 4.78 is 0. The van der Waals surface area contributed by atoms with Gasteiger partial charge in [0.15, 0.2) is 0 Å². The molecule has 0 aliphatic heterocycles. The van der Waals surface area contributed by atoms with Gasteiger partial charge in [0, 0.05) is 24.5 Å². The van der Waals surface area contributed by atoms with Crippen molar-refractivity contribution in [3.05, 3.63) is 18.0 Å². The molecule has 1 aromatic rings. The average molecular weight is 206 g/mol. The number of anilines is 1. The zero-order valence-electron chi connectivity index (χ0n) is 9.11. The summed E-state index contributed by atoms with van der Waals surface area (Å²) in [5.41, 5.74) is 6.94. The monoisotopic (exact) mass is 206 g/mol. The van der Waals surface area contributed by atoms with E-state index in [9.17, 15) is 0 Å². The fourth-order valence-corrected chi connectivity index (χ4v) is 1.91. The summed E-state index contributed by atoms with van der Waals surface area (Å²) in [5.74, 6) is 0.737. The Hall–Kier alpha value is -1.16. The van der Waals surface area contributed by atoms with Gasteiger partial charge in [-0.3, -0.25) is 0 Å². The summed E-state index contributed by atoms with van der Waals surface area (Å²) in [7, 11) is 0. The molecule has 3 N–H and O–H groups in total. The van der Waals surface area contributed by atoms with Crippen molar-refractivity contribution in [2.24, 2.45) is 5.73 Å². The second kappa shape index (κ2) is 4.57. The van der Waals surface area contributed by atoms with Gasteiger partial charge in [-0.2, -0.15) is 0 Å². The second-order valence-corrected chi connectivity index (χ2v) is 4.34. The van der Waals surface area contributed by atoms with Crippen LogP contribution in [0.4, 0.5) is 5.95 Å². The second-order valence-electron chi connectivity index (χ2n) is 4.34. The van der Waals surface area contributed by atoms with Crippen molar-refractivity contribution in [3.63, 3.8) is 0 Å². The molecule has 4 nitrogen and oxygen atoms in total. The van der Waals surface area contributed by atoms with E-state index < -0.39 is 0 Å². The third-order valence-electron chi connectivity index (χ3n) is 2.89. The van der Waals surface area contributed by atoms with E-state index in [1.165, 1.54) is 0 Å². The SMILES string of the molecule is Cc1cnc(NC2CCC(N)CC2)nc1. The smallest absolute Gasteiger partial charge is 0.222 e. The number of rotatable bonds is 2. The van der Waals surface area contributed by atoms with Gasteiger partial charge in [-0.15, -0.1) is 0 Å². The van der Waals surface area contributed by atoms with Gasteiger partial charge in [-0.25, -0.2) is 9.97 Å². The van der Waals surface area contributed by atoms with Crippen molar-refractivity contribution in [1.82, 2.24) is 9.97 Å². The zero-order valence-corrected chi connectivity index (χ0v) is 9.11. The molecule has 0 amide bonds. The molecule has 2 rings (SSSR count). The van der Waals surface area contributed by atoms with Crippen LogP contribution >= 0.6 is 0 Å². The Bertz CT molecular complexity index is 301. The molecular formula is C11H18N4. The lowest BCUT2D eigenvalue weighted by atomic mass is 9.92. The number of nitrogens with zero attached hydrogens (tertiary/aromatic N) is 2. The van der Waals surface area contributed by atoms with E-state index in [-0.39, 0.29) is 0 Å². The Morgan fingerprint density at radius 2 is 1.80 bits per heavy atom. The first-order chi connectivity index (χ1) is 7.24. The topological polar surface area (TPSA) is 63.8 Å². The van der Waals surface area contributed by atoms with Crippen LogP contribution < -0.4 is 11.1 Å². The molecule has 82 valence electrons. The summed E-state index contributed by atoms with van der Waals surface area (Å²) in [6.07, 6.45) is 8.12. The number of nitrogens with two attached hydrogens (primary N) is 1.